The number of nitrogens with two attached hydrogens (primary N) is 1. The average Bonchev–Trinajstić information content (AvgIpc) is 2.37. The van der Waals surface area contributed by atoms with E-state index >= 15 is 0 Å². The summed E-state index contributed by atoms with van der Waals surface area (Å²) in [6, 6.07) is 9.95. The Labute approximate surface area is 107 Å². The Hall–Kier alpha value is -2.83. The summed E-state index contributed by atoms with van der Waals surface area (Å²) >= 11 is 0. The summed E-state index contributed by atoms with van der Waals surface area (Å²) in [6.45, 7) is 0. The SMILES string of the molecule is Nc1ccc(/N=N/c2ccc([N+](=O)[O-])c(F)c2)cc1. The van der Waals surface area contributed by atoms with Crippen LogP contribution in [0.2, 0.25) is 0 Å². The molecule has 0 fully saturated rings. The van der Waals surface area contributed by atoms with Crippen molar-refractivity contribution >= 4 is 22.7 Å². The number of rotatable bonds is 3. The third-order valence-corrected chi connectivity index (χ3v) is 2.30. The highest BCUT2D eigenvalue weighted by molar-refractivity contribution is 5.49. The number of nitrogens with zero attached hydrogens (tertiary/aromatic N) is 3. The van der Waals surface area contributed by atoms with E-state index in [4.69, 9.17) is 5.73 Å². The number of anilines is 1. The molecule has 0 saturated heterocycles. The van der Waals surface area contributed by atoms with E-state index in [1.807, 2.05) is 0 Å². The minimum Gasteiger partial charge on any atom is -0.399 e. The van der Waals surface area contributed by atoms with E-state index in [1.165, 1.54) is 6.07 Å². The molecule has 0 aromatic heterocycles. The maximum atomic E-state index is 13.3. The fraction of sp³-hybridized carbons (Fsp3) is 0. The zero-order valence-electron chi connectivity index (χ0n) is 9.65. The fourth-order valence-corrected chi connectivity index (χ4v) is 1.36. The molecule has 0 aliphatic carbocycles. The van der Waals surface area contributed by atoms with Gasteiger partial charge in [0, 0.05) is 17.8 Å². The van der Waals surface area contributed by atoms with Crippen LogP contribution in [0.1, 0.15) is 0 Å². The van der Waals surface area contributed by atoms with Crippen molar-refractivity contribution in [3.8, 4) is 0 Å². The molecule has 0 spiro atoms. The van der Waals surface area contributed by atoms with E-state index in [9.17, 15) is 14.5 Å². The van der Waals surface area contributed by atoms with Crippen LogP contribution in [0.4, 0.5) is 27.1 Å². The largest absolute Gasteiger partial charge is 0.399 e. The van der Waals surface area contributed by atoms with Gasteiger partial charge < -0.3 is 5.73 Å². The Kier molecular flexibility index (Phi) is 3.46. The van der Waals surface area contributed by atoms with Gasteiger partial charge in [-0.3, -0.25) is 10.1 Å². The third kappa shape index (κ3) is 3.09. The molecule has 0 atom stereocenters. The average molecular weight is 260 g/mol. The number of hydrogen-bond acceptors (Lipinski definition) is 5. The van der Waals surface area contributed by atoms with Crippen molar-refractivity contribution in [2.24, 2.45) is 10.2 Å². The number of benzene rings is 2. The smallest absolute Gasteiger partial charge is 0.304 e. The van der Waals surface area contributed by atoms with Gasteiger partial charge in [0.05, 0.1) is 16.3 Å². The van der Waals surface area contributed by atoms with Gasteiger partial charge in [-0.25, -0.2) is 0 Å². The Morgan fingerprint density at radius 1 is 1.05 bits per heavy atom. The molecule has 0 aliphatic rings. The van der Waals surface area contributed by atoms with E-state index < -0.39 is 16.4 Å². The number of hydrogen-bond donors (Lipinski definition) is 1. The fourth-order valence-electron chi connectivity index (χ4n) is 1.36. The summed E-state index contributed by atoms with van der Waals surface area (Å²) in [6.07, 6.45) is 0. The predicted octanol–water partition coefficient (Wildman–Crippen LogP) is 3.73. The monoisotopic (exact) mass is 260 g/mol. The van der Waals surface area contributed by atoms with Gasteiger partial charge in [0.1, 0.15) is 0 Å². The standard InChI is InChI=1S/C12H9FN4O2/c13-11-7-10(5-6-12(11)17(18)19)16-15-9-3-1-8(14)2-4-9/h1-7H,14H2/b16-15+. The Balaban J connectivity index is 2.22. The number of nitrogen functional groups attached to an aromatic ring is 1. The molecule has 0 amide bonds. The van der Waals surface area contributed by atoms with E-state index in [2.05, 4.69) is 10.2 Å². The first-order valence-electron chi connectivity index (χ1n) is 5.27. The highest BCUT2D eigenvalue weighted by Gasteiger charge is 2.13. The summed E-state index contributed by atoms with van der Waals surface area (Å²) in [5.74, 6) is -0.946. The van der Waals surface area contributed by atoms with Crippen LogP contribution in [0.15, 0.2) is 52.7 Å². The zero-order valence-corrected chi connectivity index (χ0v) is 9.65. The first-order chi connectivity index (χ1) is 9.06. The molecule has 0 unspecified atom stereocenters. The minimum atomic E-state index is -0.946. The molecule has 2 aromatic rings. The van der Waals surface area contributed by atoms with E-state index in [-0.39, 0.29) is 5.69 Å². The molecule has 0 heterocycles. The van der Waals surface area contributed by atoms with Crippen LogP contribution in [0.25, 0.3) is 0 Å². The van der Waals surface area contributed by atoms with Crippen molar-refractivity contribution < 1.29 is 9.31 Å². The van der Waals surface area contributed by atoms with Crippen LogP contribution in [0.3, 0.4) is 0 Å². The van der Waals surface area contributed by atoms with Gasteiger partial charge in [0.15, 0.2) is 0 Å². The molecule has 96 valence electrons. The van der Waals surface area contributed by atoms with Crippen molar-refractivity contribution in [2.75, 3.05) is 5.73 Å². The van der Waals surface area contributed by atoms with Crippen LogP contribution < -0.4 is 5.73 Å². The van der Waals surface area contributed by atoms with Crippen molar-refractivity contribution in [3.05, 3.63) is 58.4 Å². The lowest BCUT2D eigenvalue weighted by Crippen LogP contribution is -1.90. The lowest BCUT2D eigenvalue weighted by molar-refractivity contribution is -0.387. The molecule has 2 rings (SSSR count). The summed E-state index contributed by atoms with van der Waals surface area (Å²) in [5.41, 5.74) is 6.26. The van der Waals surface area contributed by atoms with E-state index in [0.717, 1.165) is 12.1 Å². The van der Waals surface area contributed by atoms with Crippen LogP contribution in [0, 0.1) is 15.9 Å². The first-order valence-corrected chi connectivity index (χ1v) is 5.27. The number of azo groups is 1. The molecule has 6 nitrogen and oxygen atoms in total. The molecule has 19 heavy (non-hydrogen) atoms. The Bertz CT molecular complexity index is 641. The van der Waals surface area contributed by atoms with Gasteiger partial charge in [-0.05, 0) is 30.3 Å². The normalized spacial score (nSPS) is 10.8. The lowest BCUT2D eigenvalue weighted by Gasteiger charge is -1.96. The highest BCUT2D eigenvalue weighted by Crippen LogP contribution is 2.24. The quantitative estimate of drug-likeness (QED) is 0.394. The van der Waals surface area contributed by atoms with Crippen molar-refractivity contribution in [2.45, 2.75) is 0 Å². The number of halogens is 1. The molecule has 2 N–H and O–H groups in total. The Morgan fingerprint density at radius 2 is 1.63 bits per heavy atom. The number of nitro groups is 1. The van der Waals surface area contributed by atoms with Crippen LogP contribution in [-0.4, -0.2) is 4.92 Å². The highest BCUT2D eigenvalue weighted by atomic mass is 19.1. The van der Waals surface area contributed by atoms with E-state index in [0.29, 0.717) is 11.4 Å². The number of nitro benzene ring substituents is 1. The molecule has 0 aliphatic heterocycles. The summed E-state index contributed by atoms with van der Waals surface area (Å²) < 4.78 is 13.3. The maximum Gasteiger partial charge on any atom is 0.304 e. The molecule has 0 saturated carbocycles. The maximum absolute atomic E-state index is 13.3. The van der Waals surface area contributed by atoms with Gasteiger partial charge >= 0.3 is 5.69 Å². The van der Waals surface area contributed by atoms with Gasteiger partial charge in [-0.2, -0.15) is 14.6 Å². The second-order valence-corrected chi connectivity index (χ2v) is 3.68. The third-order valence-electron chi connectivity index (χ3n) is 2.30. The topological polar surface area (TPSA) is 93.9 Å². The van der Waals surface area contributed by atoms with Gasteiger partial charge in [0.25, 0.3) is 0 Å². The molecule has 7 heteroatoms. The molecule has 0 radical (unpaired) electrons. The van der Waals surface area contributed by atoms with Crippen molar-refractivity contribution in [1.82, 2.24) is 0 Å². The summed E-state index contributed by atoms with van der Waals surface area (Å²) in [5, 5.41) is 18.1. The van der Waals surface area contributed by atoms with Crippen molar-refractivity contribution in [3.63, 3.8) is 0 Å². The molecular weight excluding hydrogens is 251 g/mol. The second kappa shape index (κ2) is 5.21. The van der Waals surface area contributed by atoms with E-state index in [1.54, 1.807) is 24.3 Å². The predicted molar refractivity (Wildman–Crippen MR) is 68.1 cm³/mol. The van der Waals surface area contributed by atoms with Crippen LogP contribution >= 0.6 is 0 Å². The first kappa shape index (κ1) is 12.6. The molecule has 2 aromatic carbocycles. The van der Waals surface area contributed by atoms with Crippen LogP contribution in [0.5, 0.6) is 0 Å². The van der Waals surface area contributed by atoms with Crippen LogP contribution in [-0.2, 0) is 0 Å². The minimum absolute atomic E-state index is 0.194. The lowest BCUT2D eigenvalue weighted by atomic mass is 10.3. The van der Waals surface area contributed by atoms with Gasteiger partial charge in [0.2, 0.25) is 5.82 Å². The summed E-state index contributed by atoms with van der Waals surface area (Å²) in [4.78, 5) is 9.65. The Morgan fingerprint density at radius 3 is 2.21 bits per heavy atom. The van der Waals surface area contributed by atoms with Gasteiger partial charge in [-0.1, -0.05) is 0 Å². The molecule has 0 bridgehead atoms. The second-order valence-electron chi connectivity index (χ2n) is 3.68. The summed E-state index contributed by atoms with van der Waals surface area (Å²) in [7, 11) is 0. The molecular formula is C12H9FN4O2. The zero-order chi connectivity index (χ0) is 13.8. The van der Waals surface area contributed by atoms with Gasteiger partial charge in [-0.15, -0.1) is 0 Å². The van der Waals surface area contributed by atoms with Crippen molar-refractivity contribution in [1.29, 1.82) is 0 Å².